The number of rotatable bonds is 5. The molecule has 0 saturated carbocycles. The predicted molar refractivity (Wildman–Crippen MR) is 87.4 cm³/mol. The lowest BCUT2D eigenvalue weighted by molar-refractivity contribution is -0.117. The number of nitrogens with two attached hydrogens (primary N) is 1. The molecule has 22 heavy (non-hydrogen) atoms. The van der Waals surface area contributed by atoms with Gasteiger partial charge in [0.05, 0.1) is 11.6 Å². The van der Waals surface area contributed by atoms with Gasteiger partial charge >= 0.3 is 5.97 Å². The number of carbonyl (C=O) groups excluding carboxylic acids is 1. The minimum atomic E-state index is -1.01. The standard InChI is InChI=1S/C16H16N2O3.ClH/c17-14(10-11-4-2-1-3-5-11)15(19)18-13-8-6-12(7-9-13)16(20)21;/h1-9,14H,10,17H2,(H,18,19)(H,20,21);1H/t14-;/m0./s1. The Morgan fingerprint density at radius 1 is 1.05 bits per heavy atom. The Morgan fingerprint density at radius 3 is 2.18 bits per heavy atom. The number of amides is 1. The van der Waals surface area contributed by atoms with Crippen molar-refractivity contribution < 1.29 is 14.7 Å². The molecule has 6 heteroatoms. The molecule has 0 unspecified atom stereocenters. The number of anilines is 1. The SMILES string of the molecule is Cl.N[C@@H](Cc1ccccc1)C(=O)Nc1ccc(C(=O)O)cc1. The Labute approximate surface area is 134 Å². The molecule has 2 aromatic carbocycles. The molecule has 1 atom stereocenters. The Morgan fingerprint density at radius 2 is 1.64 bits per heavy atom. The molecule has 0 fully saturated rings. The molecule has 4 N–H and O–H groups in total. The first kappa shape index (κ1) is 17.7. The number of benzene rings is 2. The van der Waals surface area contributed by atoms with Crippen molar-refractivity contribution in [1.82, 2.24) is 0 Å². The molecule has 0 radical (unpaired) electrons. The van der Waals surface area contributed by atoms with Crippen LogP contribution in [0.2, 0.25) is 0 Å². The molecule has 2 rings (SSSR count). The number of hydrogen-bond acceptors (Lipinski definition) is 3. The number of aromatic carboxylic acids is 1. The second-order valence-corrected chi connectivity index (χ2v) is 4.67. The lowest BCUT2D eigenvalue weighted by atomic mass is 10.1. The molecule has 5 nitrogen and oxygen atoms in total. The van der Waals surface area contributed by atoms with Crippen LogP contribution in [-0.2, 0) is 11.2 Å². The van der Waals surface area contributed by atoms with E-state index in [4.69, 9.17) is 10.8 Å². The van der Waals surface area contributed by atoms with E-state index in [1.165, 1.54) is 24.3 Å². The van der Waals surface area contributed by atoms with Crippen molar-refractivity contribution in [2.45, 2.75) is 12.5 Å². The van der Waals surface area contributed by atoms with Gasteiger partial charge in [-0.15, -0.1) is 12.4 Å². The molecule has 0 heterocycles. The number of nitrogens with one attached hydrogen (secondary N) is 1. The van der Waals surface area contributed by atoms with Gasteiger partial charge in [-0.2, -0.15) is 0 Å². The van der Waals surface area contributed by atoms with Crippen LogP contribution >= 0.6 is 12.4 Å². The summed E-state index contributed by atoms with van der Waals surface area (Å²) in [4.78, 5) is 22.7. The van der Waals surface area contributed by atoms with E-state index in [1.807, 2.05) is 30.3 Å². The van der Waals surface area contributed by atoms with Crippen LogP contribution in [0.15, 0.2) is 54.6 Å². The van der Waals surface area contributed by atoms with Gasteiger partial charge in [-0.1, -0.05) is 30.3 Å². The van der Waals surface area contributed by atoms with Gasteiger partial charge in [-0.3, -0.25) is 4.79 Å². The normalized spacial score (nSPS) is 11.1. The number of carbonyl (C=O) groups is 2. The second-order valence-electron chi connectivity index (χ2n) is 4.67. The highest BCUT2D eigenvalue weighted by atomic mass is 35.5. The van der Waals surface area contributed by atoms with E-state index in [1.54, 1.807) is 0 Å². The van der Waals surface area contributed by atoms with E-state index in [0.717, 1.165) is 5.56 Å². The average molecular weight is 321 g/mol. The maximum Gasteiger partial charge on any atom is 0.335 e. The fourth-order valence-corrected chi connectivity index (χ4v) is 1.89. The molecule has 0 aliphatic carbocycles. The van der Waals surface area contributed by atoms with Crippen molar-refractivity contribution in [1.29, 1.82) is 0 Å². The van der Waals surface area contributed by atoms with Crippen molar-refractivity contribution >= 4 is 30.0 Å². The van der Waals surface area contributed by atoms with E-state index in [2.05, 4.69) is 5.32 Å². The van der Waals surface area contributed by atoms with E-state index < -0.39 is 12.0 Å². The van der Waals surface area contributed by atoms with Crippen LogP contribution in [0.25, 0.3) is 0 Å². The van der Waals surface area contributed by atoms with Crippen LogP contribution in [0.1, 0.15) is 15.9 Å². The van der Waals surface area contributed by atoms with E-state index >= 15 is 0 Å². The Balaban J connectivity index is 0.00000242. The largest absolute Gasteiger partial charge is 0.478 e. The first-order valence-corrected chi connectivity index (χ1v) is 6.50. The summed E-state index contributed by atoms with van der Waals surface area (Å²) in [5.74, 6) is -1.31. The van der Waals surface area contributed by atoms with Crippen LogP contribution in [0, 0.1) is 0 Å². The quantitative estimate of drug-likeness (QED) is 0.788. The summed E-state index contributed by atoms with van der Waals surface area (Å²) in [6, 6.07) is 14.8. The van der Waals surface area contributed by atoms with E-state index in [-0.39, 0.29) is 23.9 Å². The third-order valence-corrected chi connectivity index (χ3v) is 3.03. The summed E-state index contributed by atoms with van der Waals surface area (Å²) in [7, 11) is 0. The number of hydrogen-bond donors (Lipinski definition) is 3. The van der Waals surface area contributed by atoms with Crippen LogP contribution in [0.5, 0.6) is 0 Å². The Hall–Kier alpha value is -2.37. The molecule has 0 aliphatic heterocycles. The van der Waals surface area contributed by atoms with Crippen LogP contribution in [0.3, 0.4) is 0 Å². The summed E-state index contributed by atoms with van der Waals surface area (Å²) < 4.78 is 0. The predicted octanol–water partition coefficient (Wildman–Crippen LogP) is 2.32. The Kier molecular flexibility index (Phi) is 6.56. The van der Waals surface area contributed by atoms with Crippen LogP contribution in [-0.4, -0.2) is 23.0 Å². The third kappa shape index (κ3) is 4.87. The van der Waals surface area contributed by atoms with Gasteiger partial charge < -0.3 is 16.2 Å². The monoisotopic (exact) mass is 320 g/mol. The van der Waals surface area contributed by atoms with Gasteiger partial charge in [0.15, 0.2) is 0 Å². The summed E-state index contributed by atoms with van der Waals surface area (Å²) in [6.07, 6.45) is 0.444. The zero-order chi connectivity index (χ0) is 15.2. The summed E-state index contributed by atoms with van der Waals surface area (Å²) in [6.45, 7) is 0. The van der Waals surface area contributed by atoms with Gasteiger partial charge in [-0.05, 0) is 36.2 Å². The van der Waals surface area contributed by atoms with Gasteiger partial charge in [-0.25, -0.2) is 4.79 Å². The minimum Gasteiger partial charge on any atom is -0.478 e. The average Bonchev–Trinajstić information content (AvgIpc) is 2.48. The van der Waals surface area contributed by atoms with Crippen LogP contribution in [0.4, 0.5) is 5.69 Å². The molecule has 0 saturated heterocycles. The molecule has 0 spiro atoms. The highest BCUT2D eigenvalue weighted by Crippen LogP contribution is 2.10. The highest BCUT2D eigenvalue weighted by Gasteiger charge is 2.14. The van der Waals surface area contributed by atoms with Gasteiger partial charge in [0.2, 0.25) is 5.91 Å². The molecule has 116 valence electrons. The zero-order valence-corrected chi connectivity index (χ0v) is 12.5. The summed E-state index contributed by atoms with van der Waals surface area (Å²) in [5, 5.41) is 11.5. The fourth-order valence-electron chi connectivity index (χ4n) is 1.89. The molecule has 0 aliphatic rings. The third-order valence-electron chi connectivity index (χ3n) is 3.03. The molecule has 2 aromatic rings. The smallest absolute Gasteiger partial charge is 0.335 e. The van der Waals surface area contributed by atoms with Gasteiger partial charge in [0, 0.05) is 5.69 Å². The first-order valence-electron chi connectivity index (χ1n) is 6.50. The summed E-state index contributed by atoms with van der Waals surface area (Å²) in [5.41, 5.74) is 7.55. The van der Waals surface area contributed by atoms with E-state index in [0.29, 0.717) is 12.1 Å². The number of halogens is 1. The van der Waals surface area contributed by atoms with Crippen LogP contribution < -0.4 is 11.1 Å². The number of carboxylic acid groups (broad SMARTS) is 1. The first-order chi connectivity index (χ1) is 10.1. The maximum atomic E-state index is 12.0. The molecule has 1 amide bonds. The van der Waals surface area contributed by atoms with Gasteiger partial charge in [0.1, 0.15) is 0 Å². The van der Waals surface area contributed by atoms with Crippen molar-refractivity contribution in [3.8, 4) is 0 Å². The minimum absolute atomic E-state index is 0. The molecule has 0 bridgehead atoms. The highest BCUT2D eigenvalue weighted by molar-refractivity contribution is 5.95. The molecular weight excluding hydrogens is 304 g/mol. The Bertz CT molecular complexity index is 630. The van der Waals surface area contributed by atoms with Gasteiger partial charge in [0.25, 0.3) is 0 Å². The lowest BCUT2D eigenvalue weighted by Gasteiger charge is -2.12. The van der Waals surface area contributed by atoms with Crippen molar-refractivity contribution in [3.63, 3.8) is 0 Å². The van der Waals surface area contributed by atoms with Crippen molar-refractivity contribution in [2.24, 2.45) is 5.73 Å². The lowest BCUT2D eigenvalue weighted by Crippen LogP contribution is -2.37. The zero-order valence-electron chi connectivity index (χ0n) is 11.7. The molecular formula is C16H17ClN2O3. The van der Waals surface area contributed by atoms with Crippen molar-refractivity contribution in [2.75, 3.05) is 5.32 Å². The second kappa shape index (κ2) is 8.17. The number of carboxylic acids is 1. The fraction of sp³-hybridized carbons (Fsp3) is 0.125. The van der Waals surface area contributed by atoms with E-state index in [9.17, 15) is 9.59 Å². The topological polar surface area (TPSA) is 92.4 Å². The molecule has 0 aromatic heterocycles. The maximum absolute atomic E-state index is 12.0. The van der Waals surface area contributed by atoms with Crippen molar-refractivity contribution in [3.05, 3.63) is 65.7 Å². The summed E-state index contributed by atoms with van der Waals surface area (Å²) >= 11 is 0.